The highest BCUT2D eigenvalue weighted by molar-refractivity contribution is 6.32. The van der Waals surface area contributed by atoms with Crippen molar-refractivity contribution in [1.82, 2.24) is 9.78 Å². The van der Waals surface area contributed by atoms with Gasteiger partial charge in [-0.2, -0.15) is 10.4 Å². The molecular formula is C24H23ClN4O3. The lowest BCUT2D eigenvalue weighted by Gasteiger charge is -2.26. The zero-order chi connectivity index (χ0) is 23.0. The van der Waals surface area contributed by atoms with Crippen LogP contribution in [-0.4, -0.2) is 23.0 Å². The van der Waals surface area contributed by atoms with Gasteiger partial charge >= 0.3 is 0 Å². The molecule has 164 valence electrons. The first-order chi connectivity index (χ1) is 15.3. The van der Waals surface area contributed by atoms with E-state index in [1.165, 1.54) is 0 Å². The predicted octanol–water partition coefficient (Wildman–Crippen LogP) is 4.85. The van der Waals surface area contributed by atoms with Crippen LogP contribution in [0.15, 0.2) is 53.9 Å². The highest BCUT2D eigenvalue weighted by Gasteiger charge is 2.37. The van der Waals surface area contributed by atoms with Crippen LogP contribution in [0, 0.1) is 18.3 Å². The Hall–Kier alpha value is -3.63. The fourth-order valence-corrected chi connectivity index (χ4v) is 4.11. The van der Waals surface area contributed by atoms with Gasteiger partial charge in [0.05, 0.1) is 41.1 Å². The van der Waals surface area contributed by atoms with Crippen LogP contribution < -0.4 is 19.9 Å². The van der Waals surface area contributed by atoms with Gasteiger partial charge in [-0.1, -0.05) is 29.8 Å². The lowest BCUT2D eigenvalue weighted by molar-refractivity contribution is 0.230. The molecular weight excluding hydrogens is 428 g/mol. The van der Waals surface area contributed by atoms with Gasteiger partial charge in [0, 0.05) is 0 Å². The van der Waals surface area contributed by atoms with E-state index in [4.69, 9.17) is 31.5 Å². The maximum Gasteiger partial charge on any atom is 0.229 e. The Morgan fingerprint density at radius 3 is 2.59 bits per heavy atom. The number of fused-ring (bicyclic) bond motifs is 1. The third-order valence-electron chi connectivity index (χ3n) is 5.17. The second kappa shape index (κ2) is 8.48. The summed E-state index contributed by atoms with van der Waals surface area (Å²) < 4.78 is 19.0. The van der Waals surface area contributed by atoms with E-state index in [2.05, 4.69) is 11.2 Å². The van der Waals surface area contributed by atoms with Crippen molar-refractivity contribution in [2.45, 2.75) is 32.8 Å². The van der Waals surface area contributed by atoms with Crippen molar-refractivity contribution in [1.29, 1.82) is 5.26 Å². The van der Waals surface area contributed by atoms with Gasteiger partial charge in [-0.25, -0.2) is 4.68 Å². The molecule has 1 aromatic heterocycles. The molecule has 1 aliphatic rings. The van der Waals surface area contributed by atoms with Gasteiger partial charge < -0.3 is 19.9 Å². The minimum Gasteiger partial charge on any atom is -0.493 e. The molecule has 0 saturated carbocycles. The second-order valence-corrected chi connectivity index (χ2v) is 8.08. The summed E-state index contributed by atoms with van der Waals surface area (Å²) in [5.41, 5.74) is 9.48. The Labute approximate surface area is 191 Å². The standard InChI is InChI=1S/C24H23ClN4O3/c1-13(2)31-22-18(25)10-15(11-19(22)30-4)21-17(12-26)23(27)32-24-20(21)14(3)28-29(24)16-8-6-5-7-9-16/h5-11,13,21H,27H2,1-4H3. The normalized spacial score (nSPS) is 15.2. The Kier molecular flexibility index (Phi) is 5.72. The van der Waals surface area contributed by atoms with Crippen molar-refractivity contribution in [3.8, 4) is 29.1 Å². The third kappa shape index (κ3) is 3.63. The number of nitriles is 1. The van der Waals surface area contributed by atoms with Crippen LogP contribution in [-0.2, 0) is 0 Å². The molecule has 8 heteroatoms. The van der Waals surface area contributed by atoms with Crippen molar-refractivity contribution < 1.29 is 14.2 Å². The van der Waals surface area contributed by atoms with Gasteiger partial charge in [-0.05, 0) is 50.6 Å². The van der Waals surface area contributed by atoms with Crippen molar-refractivity contribution in [2.24, 2.45) is 5.73 Å². The van der Waals surface area contributed by atoms with Crippen molar-refractivity contribution in [2.75, 3.05) is 7.11 Å². The number of rotatable bonds is 5. The number of ether oxygens (including phenoxy) is 3. The Bertz CT molecular complexity index is 1240. The summed E-state index contributed by atoms with van der Waals surface area (Å²) in [4.78, 5) is 0. The van der Waals surface area contributed by atoms with Crippen molar-refractivity contribution >= 4 is 11.6 Å². The number of aromatic nitrogens is 2. The minimum atomic E-state index is -0.527. The lowest BCUT2D eigenvalue weighted by atomic mass is 9.84. The van der Waals surface area contributed by atoms with E-state index in [1.807, 2.05) is 57.2 Å². The number of aryl methyl sites for hydroxylation is 1. The van der Waals surface area contributed by atoms with Crippen LogP contribution in [0.4, 0.5) is 0 Å². The molecule has 0 spiro atoms. The SMILES string of the molecule is COc1cc(C2C(C#N)=C(N)Oc3c2c(C)nn3-c2ccccc2)cc(Cl)c1OC(C)C. The molecule has 0 bridgehead atoms. The van der Waals surface area contributed by atoms with E-state index < -0.39 is 5.92 Å². The van der Waals surface area contributed by atoms with E-state index in [9.17, 15) is 5.26 Å². The molecule has 0 amide bonds. The number of allylic oxidation sites excluding steroid dienone is 1. The Morgan fingerprint density at radius 1 is 1.25 bits per heavy atom. The Balaban J connectivity index is 1.93. The van der Waals surface area contributed by atoms with E-state index in [-0.39, 0.29) is 17.6 Å². The first-order valence-corrected chi connectivity index (χ1v) is 10.5. The summed E-state index contributed by atoms with van der Waals surface area (Å²) in [7, 11) is 1.55. The third-order valence-corrected chi connectivity index (χ3v) is 5.45. The summed E-state index contributed by atoms with van der Waals surface area (Å²) in [6, 6.07) is 15.4. The molecule has 0 saturated heterocycles. The van der Waals surface area contributed by atoms with E-state index in [0.29, 0.717) is 28.1 Å². The summed E-state index contributed by atoms with van der Waals surface area (Å²) in [5, 5.41) is 15.0. The molecule has 1 aliphatic heterocycles. The van der Waals surface area contributed by atoms with Crippen molar-refractivity contribution in [3.05, 3.63) is 75.8 Å². The molecule has 0 fully saturated rings. The number of benzene rings is 2. The van der Waals surface area contributed by atoms with Crippen LogP contribution in [0.3, 0.4) is 0 Å². The monoisotopic (exact) mass is 450 g/mol. The molecule has 32 heavy (non-hydrogen) atoms. The largest absolute Gasteiger partial charge is 0.493 e. The first-order valence-electron chi connectivity index (χ1n) is 10.1. The molecule has 0 radical (unpaired) electrons. The molecule has 2 heterocycles. The van der Waals surface area contributed by atoms with Gasteiger partial charge in [0.1, 0.15) is 11.6 Å². The Morgan fingerprint density at radius 2 is 1.97 bits per heavy atom. The number of hydrogen-bond donors (Lipinski definition) is 1. The number of halogens is 1. The summed E-state index contributed by atoms with van der Waals surface area (Å²) in [6.07, 6.45) is -0.0847. The van der Waals surface area contributed by atoms with E-state index in [1.54, 1.807) is 17.9 Å². The molecule has 0 aliphatic carbocycles. The summed E-state index contributed by atoms with van der Waals surface area (Å²) >= 11 is 6.58. The molecule has 7 nitrogen and oxygen atoms in total. The van der Waals surface area contributed by atoms with Crippen LogP contribution in [0.2, 0.25) is 5.02 Å². The van der Waals surface area contributed by atoms with Gasteiger partial charge in [0.2, 0.25) is 11.8 Å². The average Bonchev–Trinajstić information content (AvgIpc) is 3.10. The molecule has 1 atom stereocenters. The summed E-state index contributed by atoms with van der Waals surface area (Å²) in [5.74, 6) is 0.888. The topological polar surface area (TPSA) is 95.3 Å². The molecule has 2 N–H and O–H groups in total. The second-order valence-electron chi connectivity index (χ2n) is 7.68. The average molecular weight is 451 g/mol. The molecule has 2 aromatic carbocycles. The zero-order valence-corrected chi connectivity index (χ0v) is 19.0. The highest BCUT2D eigenvalue weighted by Crippen LogP contribution is 2.48. The number of nitrogens with zero attached hydrogens (tertiary/aromatic N) is 3. The number of methoxy groups -OCH3 is 1. The minimum absolute atomic E-state index is 0.0275. The number of hydrogen-bond acceptors (Lipinski definition) is 6. The number of nitrogens with two attached hydrogens (primary N) is 1. The quantitative estimate of drug-likeness (QED) is 0.597. The van der Waals surface area contributed by atoms with Crippen LogP contribution in [0.1, 0.15) is 36.6 Å². The van der Waals surface area contributed by atoms with Gasteiger partial charge in [-0.15, -0.1) is 0 Å². The van der Waals surface area contributed by atoms with Gasteiger partial charge in [-0.3, -0.25) is 0 Å². The van der Waals surface area contributed by atoms with Crippen molar-refractivity contribution in [3.63, 3.8) is 0 Å². The highest BCUT2D eigenvalue weighted by atomic mass is 35.5. The van der Waals surface area contributed by atoms with E-state index in [0.717, 1.165) is 16.8 Å². The first kappa shape index (κ1) is 21.6. The molecule has 1 unspecified atom stereocenters. The lowest BCUT2D eigenvalue weighted by Crippen LogP contribution is -2.22. The fraction of sp³-hybridized carbons (Fsp3) is 0.250. The smallest absolute Gasteiger partial charge is 0.229 e. The molecule has 4 rings (SSSR count). The predicted molar refractivity (Wildman–Crippen MR) is 121 cm³/mol. The van der Waals surface area contributed by atoms with Crippen LogP contribution in [0.25, 0.3) is 5.69 Å². The van der Waals surface area contributed by atoms with Gasteiger partial charge in [0.25, 0.3) is 0 Å². The van der Waals surface area contributed by atoms with Crippen LogP contribution >= 0.6 is 11.6 Å². The van der Waals surface area contributed by atoms with Crippen LogP contribution in [0.5, 0.6) is 17.4 Å². The zero-order valence-electron chi connectivity index (χ0n) is 18.2. The number of para-hydroxylation sites is 1. The summed E-state index contributed by atoms with van der Waals surface area (Å²) in [6.45, 7) is 5.69. The van der Waals surface area contributed by atoms with E-state index >= 15 is 0 Å². The maximum atomic E-state index is 9.92. The van der Waals surface area contributed by atoms with Gasteiger partial charge in [0.15, 0.2) is 11.5 Å². The molecule has 3 aromatic rings. The maximum absolute atomic E-state index is 9.92. The fourth-order valence-electron chi connectivity index (χ4n) is 3.85.